The number of aliphatic hydroxyl groups excluding tert-OH is 1. The number of hydrogen-bond donors (Lipinski definition) is 2. The van der Waals surface area contributed by atoms with Gasteiger partial charge < -0.3 is 19.9 Å². The van der Waals surface area contributed by atoms with Gasteiger partial charge in [0.1, 0.15) is 30.4 Å². The third-order valence-electron chi connectivity index (χ3n) is 4.32. The zero-order chi connectivity index (χ0) is 23.2. The van der Waals surface area contributed by atoms with Gasteiger partial charge in [0.25, 0.3) is 5.91 Å². The van der Waals surface area contributed by atoms with Crippen molar-refractivity contribution in [2.45, 2.75) is 6.10 Å². The molecule has 4 rings (SSSR count). The molecule has 0 radical (unpaired) electrons. The fourth-order valence-corrected chi connectivity index (χ4v) is 3.00. The fourth-order valence-electron chi connectivity index (χ4n) is 2.80. The summed E-state index contributed by atoms with van der Waals surface area (Å²) in [7, 11) is 0. The molecule has 0 aromatic carbocycles. The Kier molecular flexibility index (Phi) is 6.65. The van der Waals surface area contributed by atoms with E-state index in [0.29, 0.717) is 27.4 Å². The normalized spacial score (nSPS) is 11.7. The Morgan fingerprint density at radius 3 is 2.85 bits per heavy atom. The average molecular weight is 467 g/mol. The second-order valence-electron chi connectivity index (χ2n) is 6.42. The SMILES string of the molecule is N#Cc1ccc(NC(=O)[C@H](COCO)Oc2ncnc3c2cnn3-c2ncccc2Cl)nc1. The number of pyridine rings is 2. The van der Waals surface area contributed by atoms with Gasteiger partial charge in [-0.2, -0.15) is 15.0 Å². The van der Waals surface area contributed by atoms with Crippen LogP contribution in [-0.2, 0) is 9.53 Å². The third-order valence-corrected chi connectivity index (χ3v) is 4.61. The first kappa shape index (κ1) is 22.0. The summed E-state index contributed by atoms with van der Waals surface area (Å²) < 4.78 is 12.2. The van der Waals surface area contributed by atoms with Gasteiger partial charge in [-0.3, -0.25) is 4.79 Å². The highest BCUT2D eigenvalue weighted by Gasteiger charge is 2.24. The summed E-state index contributed by atoms with van der Waals surface area (Å²) >= 11 is 6.22. The highest BCUT2D eigenvalue weighted by molar-refractivity contribution is 6.32. The van der Waals surface area contributed by atoms with Crippen molar-refractivity contribution in [3.8, 4) is 17.8 Å². The topological polar surface area (TPSA) is 161 Å². The molecule has 166 valence electrons. The lowest BCUT2D eigenvalue weighted by Gasteiger charge is -2.17. The zero-order valence-electron chi connectivity index (χ0n) is 16.8. The maximum Gasteiger partial charge on any atom is 0.269 e. The minimum Gasteiger partial charge on any atom is -0.461 e. The molecule has 4 aromatic rings. The molecule has 1 amide bonds. The van der Waals surface area contributed by atoms with E-state index < -0.39 is 18.8 Å². The van der Waals surface area contributed by atoms with E-state index in [1.54, 1.807) is 18.3 Å². The smallest absolute Gasteiger partial charge is 0.269 e. The summed E-state index contributed by atoms with van der Waals surface area (Å²) in [6.45, 7) is -0.887. The number of rotatable bonds is 8. The number of nitrogens with zero attached hydrogens (tertiary/aromatic N) is 7. The zero-order valence-corrected chi connectivity index (χ0v) is 17.5. The van der Waals surface area contributed by atoms with E-state index in [1.807, 2.05) is 6.07 Å². The Morgan fingerprint density at radius 2 is 2.12 bits per heavy atom. The Bertz CT molecular complexity index is 1320. The van der Waals surface area contributed by atoms with Crippen LogP contribution in [0.1, 0.15) is 5.56 Å². The number of anilines is 1. The van der Waals surface area contributed by atoms with Crippen LogP contribution >= 0.6 is 11.6 Å². The molecule has 0 spiro atoms. The number of aromatic nitrogens is 6. The molecule has 0 aliphatic rings. The highest BCUT2D eigenvalue weighted by atomic mass is 35.5. The number of fused-ring (bicyclic) bond motifs is 1. The van der Waals surface area contributed by atoms with Gasteiger partial charge in [-0.05, 0) is 24.3 Å². The van der Waals surface area contributed by atoms with Crippen molar-refractivity contribution >= 4 is 34.4 Å². The van der Waals surface area contributed by atoms with E-state index in [9.17, 15) is 4.79 Å². The van der Waals surface area contributed by atoms with Crippen LogP contribution in [0, 0.1) is 11.3 Å². The Hall–Kier alpha value is -4.18. The molecule has 13 heteroatoms. The van der Waals surface area contributed by atoms with Crippen molar-refractivity contribution in [1.82, 2.24) is 29.7 Å². The van der Waals surface area contributed by atoms with Crippen molar-refractivity contribution in [3.05, 3.63) is 59.8 Å². The maximum absolute atomic E-state index is 12.8. The van der Waals surface area contributed by atoms with Crippen LogP contribution in [0.5, 0.6) is 5.88 Å². The minimum atomic E-state index is -1.20. The number of aliphatic hydroxyl groups is 1. The fraction of sp³-hybridized carbons (Fsp3) is 0.150. The van der Waals surface area contributed by atoms with Gasteiger partial charge in [0.15, 0.2) is 11.5 Å². The monoisotopic (exact) mass is 466 g/mol. The van der Waals surface area contributed by atoms with Gasteiger partial charge in [0.05, 0.1) is 23.4 Å². The second-order valence-corrected chi connectivity index (χ2v) is 6.83. The van der Waals surface area contributed by atoms with Gasteiger partial charge in [-0.15, -0.1) is 0 Å². The molecule has 0 fully saturated rings. The van der Waals surface area contributed by atoms with Gasteiger partial charge in [-0.1, -0.05) is 11.6 Å². The molecule has 4 aromatic heterocycles. The second kappa shape index (κ2) is 9.96. The van der Waals surface area contributed by atoms with Crippen LogP contribution in [0.2, 0.25) is 5.02 Å². The van der Waals surface area contributed by atoms with E-state index in [-0.39, 0.29) is 18.3 Å². The lowest BCUT2D eigenvalue weighted by molar-refractivity contribution is -0.127. The maximum atomic E-state index is 12.8. The Balaban J connectivity index is 1.61. The largest absolute Gasteiger partial charge is 0.461 e. The quantitative estimate of drug-likeness (QED) is 0.364. The molecule has 0 saturated heterocycles. The van der Waals surface area contributed by atoms with Crippen LogP contribution < -0.4 is 10.1 Å². The average Bonchev–Trinajstić information content (AvgIpc) is 3.27. The van der Waals surface area contributed by atoms with Gasteiger partial charge in [0, 0.05) is 12.4 Å². The molecule has 0 unspecified atom stereocenters. The highest BCUT2D eigenvalue weighted by Crippen LogP contribution is 2.26. The summed E-state index contributed by atoms with van der Waals surface area (Å²) in [6, 6.07) is 8.28. The summed E-state index contributed by atoms with van der Waals surface area (Å²) in [5.41, 5.74) is 0.703. The lowest BCUT2D eigenvalue weighted by atomic mass is 10.3. The van der Waals surface area contributed by atoms with Crippen molar-refractivity contribution in [1.29, 1.82) is 5.26 Å². The van der Waals surface area contributed by atoms with Crippen molar-refractivity contribution in [2.24, 2.45) is 0 Å². The van der Waals surface area contributed by atoms with E-state index >= 15 is 0 Å². The Morgan fingerprint density at radius 1 is 1.24 bits per heavy atom. The van der Waals surface area contributed by atoms with E-state index in [4.69, 9.17) is 31.4 Å². The first-order valence-corrected chi connectivity index (χ1v) is 9.80. The lowest BCUT2D eigenvalue weighted by Crippen LogP contribution is -2.37. The first-order chi connectivity index (χ1) is 16.1. The van der Waals surface area contributed by atoms with Crippen LogP contribution in [0.15, 0.2) is 49.2 Å². The van der Waals surface area contributed by atoms with Gasteiger partial charge in [-0.25, -0.2) is 19.9 Å². The standard InChI is InChI=1S/C20H15ClN8O4/c21-14-2-1-5-23-18(14)29-17-13(8-27-29)20(26-10-25-17)33-15(9-32-11-30)19(31)28-16-4-3-12(6-22)7-24-16/h1-5,7-8,10,15,30H,9,11H2,(H,24,28,31)/t15-/m0/s1. The molecule has 33 heavy (non-hydrogen) atoms. The molecule has 0 saturated carbocycles. The molecule has 1 atom stereocenters. The van der Waals surface area contributed by atoms with Crippen LogP contribution in [0.4, 0.5) is 5.82 Å². The number of hydrogen-bond acceptors (Lipinski definition) is 10. The summed E-state index contributed by atoms with van der Waals surface area (Å²) in [5, 5.41) is 25.5. The number of carbonyl (C=O) groups excluding carboxylic acids is 1. The first-order valence-electron chi connectivity index (χ1n) is 9.42. The Labute approximate surface area is 191 Å². The third kappa shape index (κ3) is 4.85. The number of ether oxygens (including phenoxy) is 2. The molecule has 0 aliphatic heterocycles. The summed E-state index contributed by atoms with van der Waals surface area (Å²) in [6.07, 6.45) is 4.39. The number of nitriles is 1. The number of halogens is 1. The number of carbonyl (C=O) groups is 1. The van der Waals surface area contributed by atoms with Gasteiger partial charge in [0.2, 0.25) is 12.0 Å². The molecule has 0 aliphatic carbocycles. The van der Waals surface area contributed by atoms with Crippen molar-refractivity contribution in [2.75, 3.05) is 18.7 Å². The molecular formula is C20H15ClN8O4. The van der Waals surface area contributed by atoms with Crippen molar-refractivity contribution < 1.29 is 19.4 Å². The van der Waals surface area contributed by atoms with Crippen LogP contribution in [0.3, 0.4) is 0 Å². The summed E-state index contributed by atoms with van der Waals surface area (Å²) in [5.74, 6) is 0.0334. The predicted octanol–water partition coefficient (Wildman–Crippen LogP) is 1.48. The molecule has 12 nitrogen and oxygen atoms in total. The van der Waals surface area contributed by atoms with Gasteiger partial charge >= 0.3 is 0 Å². The van der Waals surface area contributed by atoms with Crippen LogP contribution in [-0.4, -0.2) is 60.2 Å². The molecule has 2 N–H and O–H groups in total. The molecule has 4 heterocycles. The van der Waals surface area contributed by atoms with E-state index in [2.05, 4.69) is 30.4 Å². The van der Waals surface area contributed by atoms with E-state index in [0.717, 1.165) is 0 Å². The molecule has 0 bridgehead atoms. The van der Waals surface area contributed by atoms with E-state index in [1.165, 1.54) is 35.5 Å². The number of nitrogens with one attached hydrogen (secondary N) is 1. The number of amides is 1. The summed E-state index contributed by atoms with van der Waals surface area (Å²) in [4.78, 5) is 29.3. The van der Waals surface area contributed by atoms with Crippen LogP contribution in [0.25, 0.3) is 16.9 Å². The van der Waals surface area contributed by atoms with Crippen molar-refractivity contribution in [3.63, 3.8) is 0 Å². The minimum absolute atomic E-state index is 0.0628. The predicted molar refractivity (Wildman–Crippen MR) is 115 cm³/mol. The molecular weight excluding hydrogens is 452 g/mol.